The summed E-state index contributed by atoms with van der Waals surface area (Å²) in [6.07, 6.45) is 0.481. The summed E-state index contributed by atoms with van der Waals surface area (Å²) >= 11 is 0. The Labute approximate surface area is 97.4 Å². The molecule has 1 atom stereocenters. The normalized spacial score (nSPS) is 12.2. The van der Waals surface area contributed by atoms with E-state index in [0.29, 0.717) is 6.42 Å². The Hall–Kier alpha value is -1.69. The molecule has 0 heterocycles. The number of nitrogens with two attached hydrogens (primary N) is 1. The smallest absolute Gasteiger partial charge is 0.254 e. The molecule has 0 fully saturated rings. The summed E-state index contributed by atoms with van der Waals surface area (Å²) < 4.78 is 26.5. The minimum atomic E-state index is -0.961. The molecule has 0 bridgehead atoms. The third-order valence-electron chi connectivity index (χ3n) is 2.36. The molecule has 0 aliphatic carbocycles. The summed E-state index contributed by atoms with van der Waals surface area (Å²) in [6, 6.07) is 1.08. The van der Waals surface area contributed by atoms with Crippen LogP contribution in [0.1, 0.15) is 23.7 Å². The number of anilines is 1. The third kappa shape index (κ3) is 3.13. The molecule has 0 spiro atoms. The molecule has 1 amide bonds. The minimum Gasteiger partial charge on any atom is -0.396 e. The highest BCUT2D eigenvalue weighted by atomic mass is 19.1. The topological polar surface area (TPSA) is 75.3 Å². The molecule has 0 aliphatic rings. The van der Waals surface area contributed by atoms with E-state index in [9.17, 15) is 13.6 Å². The fraction of sp³-hybridized carbons (Fsp3) is 0.364. The molecule has 0 aromatic heterocycles. The fourth-order valence-corrected chi connectivity index (χ4v) is 1.32. The Morgan fingerprint density at radius 2 is 2.18 bits per heavy atom. The van der Waals surface area contributed by atoms with E-state index in [1.54, 1.807) is 6.92 Å². The number of benzene rings is 1. The van der Waals surface area contributed by atoms with Gasteiger partial charge in [-0.25, -0.2) is 8.78 Å². The van der Waals surface area contributed by atoms with Crippen molar-refractivity contribution in [2.75, 3.05) is 12.3 Å². The number of amides is 1. The van der Waals surface area contributed by atoms with E-state index in [2.05, 4.69) is 5.32 Å². The van der Waals surface area contributed by atoms with E-state index in [-0.39, 0.29) is 6.61 Å². The number of nitrogen functional groups attached to an aromatic ring is 1. The number of halogens is 2. The number of rotatable bonds is 4. The summed E-state index contributed by atoms with van der Waals surface area (Å²) in [5.41, 5.74) is 4.32. The molecule has 0 saturated heterocycles. The van der Waals surface area contributed by atoms with Crippen LogP contribution in [0, 0.1) is 11.6 Å². The number of aliphatic hydroxyl groups excluding tert-OH is 1. The van der Waals surface area contributed by atoms with Crippen LogP contribution in [0.25, 0.3) is 0 Å². The van der Waals surface area contributed by atoms with Crippen molar-refractivity contribution in [2.45, 2.75) is 19.4 Å². The van der Waals surface area contributed by atoms with Crippen LogP contribution in [0.15, 0.2) is 12.1 Å². The van der Waals surface area contributed by atoms with Gasteiger partial charge >= 0.3 is 0 Å². The second-order valence-corrected chi connectivity index (χ2v) is 3.62. The molecule has 0 radical (unpaired) electrons. The van der Waals surface area contributed by atoms with E-state index in [1.807, 2.05) is 0 Å². The summed E-state index contributed by atoms with van der Waals surface area (Å²) in [4.78, 5) is 11.6. The molecule has 4 nitrogen and oxygen atoms in total. The van der Waals surface area contributed by atoms with E-state index in [0.717, 1.165) is 12.1 Å². The third-order valence-corrected chi connectivity index (χ3v) is 2.36. The molecular weight excluding hydrogens is 230 g/mol. The molecule has 4 N–H and O–H groups in total. The van der Waals surface area contributed by atoms with Crippen LogP contribution < -0.4 is 11.1 Å². The Kier molecular flexibility index (Phi) is 4.39. The maximum atomic E-state index is 13.5. The van der Waals surface area contributed by atoms with Gasteiger partial charge in [-0.1, -0.05) is 6.92 Å². The molecule has 94 valence electrons. The largest absolute Gasteiger partial charge is 0.396 e. The molecule has 6 heteroatoms. The second kappa shape index (κ2) is 5.58. The number of carbonyl (C=O) groups excluding carboxylic acids is 1. The number of hydrogen-bond acceptors (Lipinski definition) is 3. The average molecular weight is 244 g/mol. The Bertz CT molecular complexity index is 420. The van der Waals surface area contributed by atoms with Crippen LogP contribution in [0.3, 0.4) is 0 Å². The van der Waals surface area contributed by atoms with Gasteiger partial charge in [-0.2, -0.15) is 0 Å². The first-order valence-corrected chi connectivity index (χ1v) is 5.15. The lowest BCUT2D eigenvalue weighted by atomic mass is 10.1. The van der Waals surface area contributed by atoms with Gasteiger partial charge in [0.15, 0.2) is 5.82 Å². The van der Waals surface area contributed by atoms with E-state index >= 15 is 0 Å². The van der Waals surface area contributed by atoms with E-state index in [1.165, 1.54) is 0 Å². The SMILES string of the molecule is CC[C@@H](CO)NC(=O)c1cc(F)cc(N)c1F. The first-order valence-electron chi connectivity index (χ1n) is 5.15. The van der Waals surface area contributed by atoms with Gasteiger partial charge < -0.3 is 16.2 Å². The summed E-state index contributed by atoms with van der Waals surface area (Å²) in [5, 5.41) is 11.3. The van der Waals surface area contributed by atoms with Crippen molar-refractivity contribution < 1.29 is 18.7 Å². The van der Waals surface area contributed by atoms with Gasteiger partial charge in [0.05, 0.1) is 23.9 Å². The van der Waals surface area contributed by atoms with Crippen molar-refractivity contribution in [1.82, 2.24) is 5.32 Å². The van der Waals surface area contributed by atoms with Crippen molar-refractivity contribution in [3.05, 3.63) is 29.3 Å². The molecule has 1 aromatic carbocycles. The second-order valence-electron chi connectivity index (χ2n) is 3.62. The minimum absolute atomic E-state index is 0.269. The van der Waals surface area contributed by atoms with Crippen LogP contribution in [-0.2, 0) is 0 Å². The van der Waals surface area contributed by atoms with Crippen molar-refractivity contribution in [3.8, 4) is 0 Å². The van der Waals surface area contributed by atoms with Crippen LogP contribution >= 0.6 is 0 Å². The van der Waals surface area contributed by atoms with Gasteiger partial charge in [-0.15, -0.1) is 0 Å². The maximum absolute atomic E-state index is 13.5. The molecule has 0 aliphatic heterocycles. The molecule has 17 heavy (non-hydrogen) atoms. The molecule has 0 unspecified atom stereocenters. The van der Waals surface area contributed by atoms with Gasteiger partial charge in [0.25, 0.3) is 5.91 Å². The zero-order chi connectivity index (χ0) is 13.0. The maximum Gasteiger partial charge on any atom is 0.254 e. The summed E-state index contributed by atoms with van der Waals surface area (Å²) in [7, 11) is 0. The van der Waals surface area contributed by atoms with E-state index < -0.39 is 34.8 Å². The van der Waals surface area contributed by atoms with Crippen LogP contribution in [0.2, 0.25) is 0 Å². The van der Waals surface area contributed by atoms with Gasteiger partial charge in [-0.3, -0.25) is 4.79 Å². The monoisotopic (exact) mass is 244 g/mol. The van der Waals surface area contributed by atoms with Crippen molar-refractivity contribution in [1.29, 1.82) is 0 Å². The lowest BCUT2D eigenvalue weighted by molar-refractivity contribution is 0.0910. The first-order chi connectivity index (χ1) is 7.99. The van der Waals surface area contributed by atoms with Crippen molar-refractivity contribution in [3.63, 3.8) is 0 Å². The van der Waals surface area contributed by atoms with Gasteiger partial charge in [0.2, 0.25) is 0 Å². The fourth-order valence-electron chi connectivity index (χ4n) is 1.32. The zero-order valence-electron chi connectivity index (χ0n) is 9.34. The Balaban J connectivity index is 2.96. The van der Waals surface area contributed by atoms with Crippen molar-refractivity contribution >= 4 is 11.6 Å². The molecular formula is C11H14F2N2O2. The lowest BCUT2D eigenvalue weighted by Gasteiger charge is -2.14. The van der Waals surface area contributed by atoms with Crippen LogP contribution in [0.4, 0.5) is 14.5 Å². The molecule has 1 aromatic rings. The Morgan fingerprint density at radius 1 is 1.53 bits per heavy atom. The van der Waals surface area contributed by atoms with E-state index in [4.69, 9.17) is 10.8 Å². The number of carbonyl (C=O) groups is 1. The van der Waals surface area contributed by atoms with Gasteiger partial charge in [0.1, 0.15) is 5.82 Å². The van der Waals surface area contributed by atoms with Crippen molar-refractivity contribution in [2.24, 2.45) is 0 Å². The highest BCUT2D eigenvalue weighted by Gasteiger charge is 2.18. The molecule has 0 saturated carbocycles. The van der Waals surface area contributed by atoms with Gasteiger partial charge in [-0.05, 0) is 18.6 Å². The lowest BCUT2D eigenvalue weighted by Crippen LogP contribution is -2.37. The van der Waals surface area contributed by atoms with Crippen LogP contribution in [-0.4, -0.2) is 23.7 Å². The first kappa shape index (κ1) is 13.4. The molecule has 1 rings (SSSR count). The predicted molar refractivity (Wildman–Crippen MR) is 59.4 cm³/mol. The van der Waals surface area contributed by atoms with Gasteiger partial charge in [0, 0.05) is 0 Å². The standard InChI is InChI=1S/C11H14F2N2O2/c1-2-7(5-16)15-11(17)8-3-6(12)4-9(14)10(8)13/h3-4,7,16H,2,5,14H2,1H3,(H,15,17)/t7-/m0/s1. The quantitative estimate of drug-likeness (QED) is 0.693. The Morgan fingerprint density at radius 3 is 2.71 bits per heavy atom. The highest BCUT2D eigenvalue weighted by Crippen LogP contribution is 2.17. The average Bonchev–Trinajstić information content (AvgIpc) is 2.30. The number of aliphatic hydroxyl groups is 1. The van der Waals surface area contributed by atoms with Crippen LogP contribution in [0.5, 0.6) is 0 Å². The summed E-state index contributed by atoms with van der Waals surface area (Å²) in [5.74, 6) is -2.54. The number of nitrogens with one attached hydrogen (secondary N) is 1. The summed E-state index contributed by atoms with van der Waals surface area (Å²) in [6.45, 7) is 1.48. The zero-order valence-corrected chi connectivity index (χ0v) is 9.34. The highest BCUT2D eigenvalue weighted by molar-refractivity contribution is 5.95. The number of hydrogen-bond donors (Lipinski definition) is 3. The predicted octanol–water partition coefficient (Wildman–Crippen LogP) is 1.05.